The van der Waals surface area contributed by atoms with Crippen LogP contribution in [0.15, 0.2) is 42.6 Å². The maximum absolute atomic E-state index is 11.8. The summed E-state index contributed by atoms with van der Waals surface area (Å²) < 4.78 is 12.1. The van der Waals surface area contributed by atoms with Crippen molar-refractivity contribution in [3.8, 4) is 5.75 Å². The second kappa shape index (κ2) is 7.99. The molecule has 2 rings (SSSR count). The highest BCUT2D eigenvalue weighted by molar-refractivity contribution is 6.01. The van der Waals surface area contributed by atoms with Gasteiger partial charge in [0.2, 0.25) is 5.91 Å². The minimum absolute atomic E-state index is 0.200. The van der Waals surface area contributed by atoms with Crippen LogP contribution < -0.4 is 10.1 Å². The van der Waals surface area contributed by atoms with Crippen LogP contribution in [0.2, 0.25) is 0 Å². The Bertz CT molecular complexity index is 632. The van der Waals surface area contributed by atoms with Crippen LogP contribution in [-0.2, 0) is 16.6 Å². The molecule has 1 amide bonds. The molecule has 0 radical (unpaired) electrons. The smallest absolute Gasteiger partial charge is 0.248 e. The third kappa shape index (κ3) is 4.75. The van der Waals surface area contributed by atoms with E-state index in [2.05, 4.69) is 10.4 Å². The fourth-order valence-corrected chi connectivity index (χ4v) is 1.77. The Morgan fingerprint density at radius 2 is 2.05 bits per heavy atom. The molecule has 0 saturated heterocycles. The van der Waals surface area contributed by atoms with Gasteiger partial charge in [-0.3, -0.25) is 9.48 Å². The van der Waals surface area contributed by atoms with Crippen molar-refractivity contribution in [3.63, 3.8) is 0 Å². The predicted molar refractivity (Wildman–Crippen MR) is 84.7 cm³/mol. The van der Waals surface area contributed by atoms with Gasteiger partial charge < -0.3 is 14.8 Å². The van der Waals surface area contributed by atoms with Gasteiger partial charge in [-0.25, -0.2) is 0 Å². The fourth-order valence-electron chi connectivity index (χ4n) is 1.77. The average molecular weight is 301 g/mol. The number of anilines is 1. The van der Waals surface area contributed by atoms with Crippen LogP contribution in [0.25, 0.3) is 6.08 Å². The molecule has 1 heterocycles. The third-order valence-corrected chi connectivity index (χ3v) is 2.94. The van der Waals surface area contributed by atoms with E-state index in [0.717, 1.165) is 11.4 Å². The van der Waals surface area contributed by atoms with Crippen LogP contribution in [0.3, 0.4) is 0 Å². The zero-order valence-corrected chi connectivity index (χ0v) is 12.7. The largest absolute Gasteiger partial charge is 0.491 e. The Balaban J connectivity index is 1.86. The maximum Gasteiger partial charge on any atom is 0.248 e. The molecule has 0 spiro atoms. The zero-order valence-electron chi connectivity index (χ0n) is 12.7. The molecule has 0 atom stereocenters. The summed E-state index contributed by atoms with van der Waals surface area (Å²) in [6.45, 7) is 1.03. The van der Waals surface area contributed by atoms with E-state index in [1.54, 1.807) is 48.3 Å². The lowest BCUT2D eigenvalue weighted by molar-refractivity contribution is -0.111. The van der Waals surface area contributed by atoms with Gasteiger partial charge in [-0.1, -0.05) is 0 Å². The number of hydrogen-bond donors (Lipinski definition) is 1. The predicted octanol–water partition coefficient (Wildman–Crippen LogP) is 2.10. The van der Waals surface area contributed by atoms with Gasteiger partial charge >= 0.3 is 0 Å². The van der Waals surface area contributed by atoms with Crippen LogP contribution in [0.5, 0.6) is 5.75 Å². The Morgan fingerprint density at radius 1 is 1.27 bits per heavy atom. The lowest BCUT2D eigenvalue weighted by Gasteiger charge is -2.07. The molecule has 0 aliphatic heterocycles. The normalized spacial score (nSPS) is 10.8. The summed E-state index contributed by atoms with van der Waals surface area (Å²) in [5.74, 6) is 0.537. The monoisotopic (exact) mass is 301 g/mol. The lowest BCUT2D eigenvalue weighted by Crippen LogP contribution is -2.08. The van der Waals surface area contributed by atoms with Crippen molar-refractivity contribution in [1.82, 2.24) is 9.78 Å². The number of nitrogens with one attached hydrogen (secondary N) is 1. The van der Waals surface area contributed by atoms with E-state index < -0.39 is 0 Å². The molecule has 0 saturated carbocycles. The fraction of sp³-hybridized carbons (Fsp3) is 0.250. The number of aromatic nitrogens is 2. The molecule has 0 fully saturated rings. The molecule has 2 aromatic rings. The van der Waals surface area contributed by atoms with Crippen molar-refractivity contribution in [2.75, 3.05) is 25.6 Å². The van der Waals surface area contributed by atoms with Gasteiger partial charge in [-0.05, 0) is 36.4 Å². The first-order valence-electron chi connectivity index (χ1n) is 6.88. The van der Waals surface area contributed by atoms with E-state index in [1.807, 2.05) is 13.1 Å². The number of amides is 1. The number of carbonyl (C=O) groups is 1. The van der Waals surface area contributed by atoms with E-state index >= 15 is 0 Å². The number of aryl methyl sites for hydroxylation is 1. The zero-order chi connectivity index (χ0) is 15.8. The highest BCUT2D eigenvalue weighted by atomic mass is 16.5. The number of nitrogens with zero attached hydrogens (tertiary/aromatic N) is 2. The number of methoxy groups -OCH3 is 1. The van der Waals surface area contributed by atoms with E-state index in [-0.39, 0.29) is 5.91 Å². The van der Waals surface area contributed by atoms with Crippen molar-refractivity contribution in [3.05, 3.63) is 48.3 Å². The number of ether oxygens (including phenoxy) is 2. The molecule has 0 aliphatic carbocycles. The van der Waals surface area contributed by atoms with Gasteiger partial charge in [0.05, 0.1) is 12.3 Å². The van der Waals surface area contributed by atoms with E-state index in [0.29, 0.717) is 18.9 Å². The Kier molecular flexibility index (Phi) is 5.73. The molecule has 0 aliphatic rings. The van der Waals surface area contributed by atoms with Gasteiger partial charge in [0, 0.05) is 32.1 Å². The minimum Gasteiger partial charge on any atom is -0.491 e. The second-order valence-electron chi connectivity index (χ2n) is 4.57. The molecule has 1 aromatic heterocycles. The summed E-state index contributed by atoms with van der Waals surface area (Å²) in [4.78, 5) is 11.8. The molecule has 1 aromatic carbocycles. The standard InChI is InChI=1S/C16H19N3O3/c1-19-14(9-10-17-19)5-8-16(20)18-13-3-6-15(7-4-13)22-12-11-21-2/h3-10H,11-12H2,1-2H3,(H,18,20)/b8-5+. The van der Waals surface area contributed by atoms with Crippen molar-refractivity contribution < 1.29 is 14.3 Å². The molecule has 6 heteroatoms. The van der Waals surface area contributed by atoms with Crippen LogP contribution >= 0.6 is 0 Å². The number of rotatable bonds is 7. The quantitative estimate of drug-likeness (QED) is 0.628. The number of hydrogen-bond acceptors (Lipinski definition) is 4. The third-order valence-electron chi connectivity index (χ3n) is 2.94. The topological polar surface area (TPSA) is 65.4 Å². The first kappa shape index (κ1) is 15.8. The Labute approximate surface area is 129 Å². The molecular weight excluding hydrogens is 282 g/mol. The first-order chi connectivity index (χ1) is 10.7. The van der Waals surface area contributed by atoms with Crippen molar-refractivity contribution in [2.45, 2.75) is 0 Å². The summed E-state index contributed by atoms with van der Waals surface area (Å²) in [5, 5.41) is 6.81. The molecule has 22 heavy (non-hydrogen) atoms. The maximum atomic E-state index is 11.8. The van der Waals surface area contributed by atoms with Gasteiger partial charge in [-0.2, -0.15) is 5.10 Å². The van der Waals surface area contributed by atoms with Crippen LogP contribution in [0.1, 0.15) is 5.69 Å². The summed E-state index contributed by atoms with van der Waals surface area (Å²) >= 11 is 0. The molecular formula is C16H19N3O3. The molecule has 116 valence electrons. The van der Waals surface area contributed by atoms with Crippen molar-refractivity contribution in [1.29, 1.82) is 0 Å². The number of benzene rings is 1. The lowest BCUT2D eigenvalue weighted by atomic mass is 10.3. The van der Waals surface area contributed by atoms with Gasteiger partial charge in [0.25, 0.3) is 0 Å². The summed E-state index contributed by atoms with van der Waals surface area (Å²) in [5.41, 5.74) is 1.57. The van der Waals surface area contributed by atoms with Crippen molar-refractivity contribution >= 4 is 17.7 Å². The van der Waals surface area contributed by atoms with E-state index in [4.69, 9.17) is 9.47 Å². The summed E-state index contributed by atoms with van der Waals surface area (Å²) in [6, 6.07) is 9.01. The Morgan fingerprint density at radius 3 is 2.68 bits per heavy atom. The van der Waals surface area contributed by atoms with Crippen LogP contribution in [0.4, 0.5) is 5.69 Å². The molecule has 0 unspecified atom stereocenters. The molecule has 6 nitrogen and oxygen atoms in total. The highest BCUT2D eigenvalue weighted by Crippen LogP contribution is 2.15. The first-order valence-corrected chi connectivity index (χ1v) is 6.88. The molecule has 0 bridgehead atoms. The van der Waals surface area contributed by atoms with E-state index in [1.165, 1.54) is 6.08 Å². The van der Waals surface area contributed by atoms with Crippen LogP contribution in [0, 0.1) is 0 Å². The number of carbonyl (C=O) groups excluding carboxylic acids is 1. The summed E-state index contributed by atoms with van der Waals surface area (Å²) in [6.07, 6.45) is 4.87. The van der Waals surface area contributed by atoms with Gasteiger partial charge in [-0.15, -0.1) is 0 Å². The van der Waals surface area contributed by atoms with E-state index in [9.17, 15) is 4.79 Å². The SMILES string of the molecule is COCCOc1ccc(NC(=O)/C=C/c2ccnn2C)cc1. The van der Waals surface area contributed by atoms with Crippen molar-refractivity contribution in [2.24, 2.45) is 7.05 Å². The van der Waals surface area contributed by atoms with Gasteiger partial charge in [0.1, 0.15) is 12.4 Å². The molecule has 1 N–H and O–H groups in total. The second-order valence-corrected chi connectivity index (χ2v) is 4.57. The summed E-state index contributed by atoms with van der Waals surface area (Å²) in [7, 11) is 3.45. The highest BCUT2D eigenvalue weighted by Gasteiger charge is 2.00. The van der Waals surface area contributed by atoms with Crippen LogP contribution in [-0.4, -0.2) is 36.0 Å². The average Bonchev–Trinajstić information content (AvgIpc) is 2.92. The van der Waals surface area contributed by atoms with Gasteiger partial charge in [0.15, 0.2) is 0 Å². The minimum atomic E-state index is -0.200. The Hall–Kier alpha value is -2.60.